The van der Waals surface area contributed by atoms with E-state index in [0.717, 1.165) is 47.5 Å². The Morgan fingerprint density at radius 2 is 1.77 bits per heavy atom. The minimum Gasteiger partial charge on any atom is -0.497 e. The van der Waals surface area contributed by atoms with Crippen molar-refractivity contribution in [2.75, 3.05) is 20.3 Å². The Kier molecular flexibility index (Phi) is 6.70. The standard InChI is InChI=1S/C29H29FN2O3/c1-34-25-10-12-26(13-11-25)35-16-15-31-29(33)32-23-8-9-24(32)18-22(17-23)21-7-14-27(28(30)19-21)20-5-3-2-4-6-20/h2-7,10-14,17,19,23-24H,8-9,15-16,18H2,1H3,(H,31,33). The molecule has 0 aliphatic carbocycles. The summed E-state index contributed by atoms with van der Waals surface area (Å²) in [7, 11) is 1.62. The Morgan fingerprint density at radius 1 is 1.00 bits per heavy atom. The third-order valence-corrected chi connectivity index (χ3v) is 6.76. The maximum Gasteiger partial charge on any atom is 0.318 e. The highest BCUT2D eigenvalue weighted by Crippen LogP contribution is 2.39. The maximum absolute atomic E-state index is 14.9. The zero-order valence-electron chi connectivity index (χ0n) is 19.7. The molecule has 2 aliphatic rings. The molecule has 2 aliphatic heterocycles. The minimum atomic E-state index is -0.223. The highest BCUT2D eigenvalue weighted by molar-refractivity contribution is 5.79. The highest BCUT2D eigenvalue weighted by Gasteiger charge is 2.39. The second-order valence-corrected chi connectivity index (χ2v) is 8.92. The summed E-state index contributed by atoms with van der Waals surface area (Å²) in [5, 5.41) is 2.98. The number of hydrogen-bond acceptors (Lipinski definition) is 3. The normalized spacial score (nSPS) is 18.7. The van der Waals surface area contributed by atoms with Gasteiger partial charge in [-0.25, -0.2) is 9.18 Å². The van der Waals surface area contributed by atoms with E-state index in [1.54, 1.807) is 13.2 Å². The van der Waals surface area contributed by atoms with Crippen LogP contribution in [0.5, 0.6) is 11.5 Å². The van der Waals surface area contributed by atoms with Gasteiger partial charge in [0.05, 0.1) is 19.7 Å². The van der Waals surface area contributed by atoms with E-state index in [1.807, 2.05) is 71.6 Å². The first kappa shape index (κ1) is 23.0. The number of benzene rings is 3. The minimum absolute atomic E-state index is 0.0307. The van der Waals surface area contributed by atoms with Gasteiger partial charge in [-0.1, -0.05) is 48.5 Å². The SMILES string of the molecule is COc1ccc(OCCNC(=O)N2C3C=C(c4ccc(-c5ccccc5)c(F)c4)CC2CC3)cc1. The molecule has 0 aromatic heterocycles. The molecule has 2 bridgehead atoms. The molecule has 0 spiro atoms. The molecular formula is C29H29FN2O3. The zero-order chi connectivity index (χ0) is 24.2. The molecule has 2 unspecified atom stereocenters. The summed E-state index contributed by atoms with van der Waals surface area (Å²) < 4.78 is 25.8. The van der Waals surface area contributed by atoms with E-state index in [2.05, 4.69) is 11.4 Å². The average molecular weight is 473 g/mol. The molecule has 6 heteroatoms. The van der Waals surface area contributed by atoms with Crippen molar-refractivity contribution in [3.8, 4) is 22.6 Å². The lowest BCUT2D eigenvalue weighted by Crippen LogP contribution is -2.49. The number of fused-ring (bicyclic) bond motifs is 2. The summed E-state index contributed by atoms with van der Waals surface area (Å²) in [5.74, 6) is 1.28. The van der Waals surface area contributed by atoms with Crippen LogP contribution >= 0.6 is 0 Å². The third-order valence-electron chi connectivity index (χ3n) is 6.76. The number of rotatable bonds is 7. The molecule has 2 atom stereocenters. The van der Waals surface area contributed by atoms with Gasteiger partial charge in [-0.05, 0) is 66.3 Å². The van der Waals surface area contributed by atoms with Gasteiger partial charge in [-0.2, -0.15) is 0 Å². The average Bonchev–Trinajstić information content (AvgIpc) is 3.16. The fraction of sp³-hybridized carbons (Fsp3) is 0.276. The molecule has 2 heterocycles. The molecule has 3 aromatic rings. The van der Waals surface area contributed by atoms with Gasteiger partial charge in [0.2, 0.25) is 0 Å². The lowest BCUT2D eigenvalue weighted by molar-refractivity contribution is 0.177. The van der Waals surface area contributed by atoms with Crippen molar-refractivity contribution < 1.29 is 18.7 Å². The topological polar surface area (TPSA) is 50.8 Å². The number of hydrogen-bond donors (Lipinski definition) is 1. The Hall–Kier alpha value is -3.80. The van der Waals surface area contributed by atoms with E-state index >= 15 is 0 Å². The number of halogens is 1. The predicted molar refractivity (Wildman–Crippen MR) is 135 cm³/mol. The molecular weight excluding hydrogens is 443 g/mol. The maximum atomic E-state index is 14.9. The van der Waals surface area contributed by atoms with Crippen molar-refractivity contribution in [3.05, 3.63) is 90.3 Å². The summed E-state index contributed by atoms with van der Waals surface area (Å²) in [6, 6.07) is 22.5. The first-order chi connectivity index (χ1) is 17.1. The number of amides is 2. The fourth-order valence-electron chi connectivity index (χ4n) is 5.02. The molecule has 2 amide bonds. The van der Waals surface area contributed by atoms with Gasteiger partial charge in [-0.3, -0.25) is 0 Å². The smallest absolute Gasteiger partial charge is 0.318 e. The number of carbonyl (C=O) groups is 1. The van der Waals surface area contributed by atoms with Crippen molar-refractivity contribution in [1.82, 2.24) is 10.2 Å². The Morgan fingerprint density at radius 3 is 2.49 bits per heavy atom. The molecule has 5 rings (SSSR count). The predicted octanol–water partition coefficient (Wildman–Crippen LogP) is 5.91. The van der Waals surface area contributed by atoms with E-state index < -0.39 is 0 Å². The number of ether oxygens (including phenoxy) is 2. The first-order valence-corrected chi connectivity index (χ1v) is 12.0. The second kappa shape index (κ2) is 10.2. The van der Waals surface area contributed by atoms with Crippen LogP contribution in [0.25, 0.3) is 16.7 Å². The van der Waals surface area contributed by atoms with Crippen LogP contribution in [-0.4, -0.2) is 43.3 Å². The van der Waals surface area contributed by atoms with Crippen LogP contribution < -0.4 is 14.8 Å². The van der Waals surface area contributed by atoms with Gasteiger partial charge in [0, 0.05) is 11.6 Å². The van der Waals surface area contributed by atoms with Crippen molar-refractivity contribution >= 4 is 11.6 Å². The molecule has 0 radical (unpaired) electrons. The summed E-state index contributed by atoms with van der Waals surface area (Å²) >= 11 is 0. The third kappa shape index (κ3) is 5.02. The summed E-state index contributed by atoms with van der Waals surface area (Å²) in [5.41, 5.74) is 3.48. The van der Waals surface area contributed by atoms with E-state index in [0.29, 0.717) is 18.7 Å². The van der Waals surface area contributed by atoms with Crippen LogP contribution in [0.1, 0.15) is 24.8 Å². The van der Waals surface area contributed by atoms with Gasteiger partial charge in [0.15, 0.2) is 0 Å². The molecule has 1 N–H and O–H groups in total. The summed E-state index contributed by atoms with van der Waals surface area (Å²) in [6.07, 6.45) is 4.74. The number of nitrogens with one attached hydrogen (secondary N) is 1. The number of urea groups is 1. The summed E-state index contributed by atoms with van der Waals surface area (Å²) in [6.45, 7) is 0.804. The lowest BCUT2D eigenvalue weighted by Gasteiger charge is -2.34. The lowest BCUT2D eigenvalue weighted by atomic mass is 9.93. The summed E-state index contributed by atoms with van der Waals surface area (Å²) in [4.78, 5) is 14.8. The molecule has 35 heavy (non-hydrogen) atoms. The van der Waals surface area contributed by atoms with Gasteiger partial charge in [-0.15, -0.1) is 0 Å². The zero-order valence-corrected chi connectivity index (χ0v) is 19.7. The largest absolute Gasteiger partial charge is 0.497 e. The van der Waals surface area contributed by atoms with Gasteiger partial charge < -0.3 is 19.7 Å². The van der Waals surface area contributed by atoms with Crippen molar-refractivity contribution in [2.45, 2.75) is 31.3 Å². The Balaban J connectivity index is 1.19. The van der Waals surface area contributed by atoms with Gasteiger partial charge in [0.1, 0.15) is 23.9 Å². The molecule has 180 valence electrons. The Bertz CT molecular complexity index is 1210. The first-order valence-electron chi connectivity index (χ1n) is 12.0. The van der Waals surface area contributed by atoms with Crippen LogP contribution in [0.4, 0.5) is 9.18 Å². The molecule has 3 aromatic carbocycles. The van der Waals surface area contributed by atoms with Crippen LogP contribution in [-0.2, 0) is 0 Å². The molecule has 5 nitrogen and oxygen atoms in total. The van der Waals surface area contributed by atoms with Crippen molar-refractivity contribution in [2.24, 2.45) is 0 Å². The van der Waals surface area contributed by atoms with Crippen LogP contribution in [0.15, 0.2) is 78.9 Å². The van der Waals surface area contributed by atoms with E-state index in [9.17, 15) is 9.18 Å². The molecule has 0 saturated carbocycles. The second-order valence-electron chi connectivity index (χ2n) is 8.92. The number of methoxy groups -OCH3 is 1. The monoisotopic (exact) mass is 472 g/mol. The highest BCUT2D eigenvalue weighted by atomic mass is 19.1. The van der Waals surface area contributed by atoms with E-state index in [-0.39, 0.29) is 23.9 Å². The van der Waals surface area contributed by atoms with Gasteiger partial charge >= 0.3 is 6.03 Å². The van der Waals surface area contributed by atoms with Gasteiger partial charge in [0.25, 0.3) is 0 Å². The molecule has 1 saturated heterocycles. The fourth-order valence-corrected chi connectivity index (χ4v) is 5.02. The van der Waals surface area contributed by atoms with Crippen LogP contribution in [0, 0.1) is 5.82 Å². The quantitative estimate of drug-likeness (QED) is 0.435. The Labute approximate surface area is 205 Å². The van der Waals surface area contributed by atoms with Crippen LogP contribution in [0.2, 0.25) is 0 Å². The van der Waals surface area contributed by atoms with E-state index in [4.69, 9.17) is 9.47 Å². The van der Waals surface area contributed by atoms with Crippen molar-refractivity contribution in [3.63, 3.8) is 0 Å². The number of nitrogens with zero attached hydrogens (tertiary/aromatic N) is 1. The van der Waals surface area contributed by atoms with Crippen LogP contribution in [0.3, 0.4) is 0 Å². The van der Waals surface area contributed by atoms with E-state index in [1.165, 1.54) is 0 Å². The molecule has 1 fully saturated rings. The number of carbonyl (C=O) groups excluding carboxylic acids is 1. The van der Waals surface area contributed by atoms with Crippen molar-refractivity contribution in [1.29, 1.82) is 0 Å².